The Morgan fingerprint density at radius 1 is 1.40 bits per heavy atom. The molecule has 3 nitrogen and oxygen atoms in total. The van der Waals surface area contributed by atoms with Crippen LogP contribution in [0.5, 0.6) is 0 Å². The average Bonchev–Trinajstić information content (AvgIpc) is 2.66. The molecule has 0 spiro atoms. The second-order valence-electron chi connectivity index (χ2n) is 4.82. The first kappa shape index (κ1) is 12.3. The smallest absolute Gasteiger partial charge is 0.191 e. The number of hydrogen-bond acceptors (Lipinski definition) is 1. The third-order valence-electron chi connectivity index (χ3n) is 2.94. The van der Waals surface area contributed by atoms with Gasteiger partial charge < -0.3 is 10.6 Å². The molecular weight excluding hydrogens is 186 g/mol. The van der Waals surface area contributed by atoms with Gasteiger partial charge in [-0.3, -0.25) is 4.99 Å². The topological polar surface area (TPSA) is 41.6 Å². The molecule has 1 aliphatic carbocycles. The van der Waals surface area contributed by atoms with Crippen LogP contribution >= 0.6 is 0 Å². The number of aliphatic imine (C=N–C) groups is 1. The number of rotatable bonds is 4. The number of guanidine groups is 1. The molecule has 2 N–H and O–H groups in total. The third-order valence-corrected chi connectivity index (χ3v) is 2.94. The van der Waals surface area contributed by atoms with Crippen LogP contribution in [0, 0.1) is 5.92 Å². The lowest BCUT2D eigenvalue weighted by molar-refractivity contribution is 0.279. The summed E-state index contributed by atoms with van der Waals surface area (Å²) in [7, 11) is 0. The zero-order chi connectivity index (χ0) is 11.3. The number of nitrogens with two attached hydrogens (primary N) is 1. The molecule has 88 valence electrons. The molecule has 1 fully saturated rings. The molecule has 3 heteroatoms. The Bertz CT molecular complexity index is 205. The molecule has 0 aromatic carbocycles. The molecule has 0 aliphatic heterocycles. The van der Waals surface area contributed by atoms with Gasteiger partial charge in [-0.15, -0.1) is 0 Å². The van der Waals surface area contributed by atoms with Crippen molar-refractivity contribution < 1.29 is 0 Å². The maximum atomic E-state index is 6.03. The van der Waals surface area contributed by atoms with Crippen molar-refractivity contribution in [2.75, 3.05) is 13.1 Å². The molecule has 0 unspecified atom stereocenters. The minimum Gasteiger partial charge on any atom is -0.370 e. The van der Waals surface area contributed by atoms with Gasteiger partial charge >= 0.3 is 0 Å². The van der Waals surface area contributed by atoms with Crippen LogP contribution in [-0.4, -0.2) is 30.0 Å². The first-order valence-corrected chi connectivity index (χ1v) is 6.21. The minimum atomic E-state index is 0.641. The molecule has 1 saturated carbocycles. The summed E-state index contributed by atoms with van der Waals surface area (Å²) in [5.74, 6) is 1.40. The zero-order valence-corrected chi connectivity index (χ0v) is 10.4. The van der Waals surface area contributed by atoms with Crippen molar-refractivity contribution >= 4 is 5.96 Å². The summed E-state index contributed by atoms with van der Waals surface area (Å²) in [6.07, 6.45) is 5.26. The normalized spacial score (nSPS) is 18.8. The Labute approximate surface area is 93.7 Å². The lowest BCUT2D eigenvalue weighted by Crippen LogP contribution is -2.45. The lowest BCUT2D eigenvalue weighted by Gasteiger charge is -2.31. The van der Waals surface area contributed by atoms with Crippen molar-refractivity contribution in [3.05, 3.63) is 0 Å². The van der Waals surface area contributed by atoms with E-state index in [2.05, 4.69) is 23.7 Å². The molecule has 0 saturated heterocycles. The van der Waals surface area contributed by atoms with Crippen molar-refractivity contribution in [1.82, 2.24) is 4.90 Å². The van der Waals surface area contributed by atoms with Crippen LogP contribution in [0.25, 0.3) is 0 Å². The van der Waals surface area contributed by atoms with Crippen molar-refractivity contribution in [3.8, 4) is 0 Å². The van der Waals surface area contributed by atoms with Gasteiger partial charge in [-0.1, -0.05) is 26.7 Å². The Balaban J connectivity index is 2.63. The molecule has 0 aromatic rings. The van der Waals surface area contributed by atoms with Crippen molar-refractivity contribution in [3.63, 3.8) is 0 Å². The summed E-state index contributed by atoms with van der Waals surface area (Å²) < 4.78 is 0. The predicted molar refractivity (Wildman–Crippen MR) is 66.0 cm³/mol. The highest BCUT2D eigenvalue weighted by Crippen LogP contribution is 2.24. The summed E-state index contributed by atoms with van der Waals surface area (Å²) in [6, 6.07) is 0.641. The minimum absolute atomic E-state index is 0.641. The quantitative estimate of drug-likeness (QED) is 0.572. The zero-order valence-electron chi connectivity index (χ0n) is 10.4. The van der Waals surface area contributed by atoms with E-state index in [1.807, 2.05) is 6.92 Å². The van der Waals surface area contributed by atoms with Gasteiger partial charge in [0.15, 0.2) is 5.96 Å². The van der Waals surface area contributed by atoms with Crippen LogP contribution in [0.15, 0.2) is 4.99 Å². The Hall–Kier alpha value is -0.730. The van der Waals surface area contributed by atoms with E-state index in [0.717, 1.165) is 19.0 Å². The summed E-state index contributed by atoms with van der Waals surface area (Å²) in [5, 5.41) is 0. The fraction of sp³-hybridized carbons (Fsp3) is 0.917. The first-order valence-electron chi connectivity index (χ1n) is 6.21. The Kier molecular flexibility index (Phi) is 4.92. The Morgan fingerprint density at radius 3 is 2.47 bits per heavy atom. The van der Waals surface area contributed by atoms with Crippen LogP contribution in [-0.2, 0) is 0 Å². The highest BCUT2D eigenvalue weighted by molar-refractivity contribution is 5.78. The van der Waals surface area contributed by atoms with Gasteiger partial charge in [0.2, 0.25) is 0 Å². The molecule has 0 bridgehead atoms. The van der Waals surface area contributed by atoms with Gasteiger partial charge in [-0.25, -0.2) is 0 Å². The molecule has 1 aliphatic rings. The van der Waals surface area contributed by atoms with E-state index in [4.69, 9.17) is 5.73 Å². The van der Waals surface area contributed by atoms with Gasteiger partial charge in [0.1, 0.15) is 0 Å². The molecular formula is C12H25N3. The second-order valence-corrected chi connectivity index (χ2v) is 4.82. The van der Waals surface area contributed by atoms with E-state index in [9.17, 15) is 0 Å². The summed E-state index contributed by atoms with van der Waals surface area (Å²) in [4.78, 5) is 6.66. The lowest BCUT2D eigenvalue weighted by atomic mass is 10.1. The molecule has 0 radical (unpaired) electrons. The fourth-order valence-electron chi connectivity index (χ4n) is 2.29. The maximum Gasteiger partial charge on any atom is 0.191 e. The fourth-order valence-corrected chi connectivity index (χ4v) is 2.29. The van der Waals surface area contributed by atoms with Crippen LogP contribution in [0.4, 0.5) is 0 Å². The van der Waals surface area contributed by atoms with E-state index in [1.165, 1.54) is 25.7 Å². The molecule has 0 heterocycles. The van der Waals surface area contributed by atoms with Gasteiger partial charge in [-0.05, 0) is 25.7 Å². The molecule has 0 atom stereocenters. The van der Waals surface area contributed by atoms with Gasteiger partial charge in [0.25, 0.3) is 0 Å². The van der Waals surface area contributed by atoms with E-state index < -0.39 is 0 Å². The largest absolute Gasteiger partial charge is 0.370 e. The second kappa shape index (κ2) is 5.99. The monoisotopic (exact) mass is 211 g/mol. The summed E-state index contributed by atoms with van der Waals surface area (Å²) in [5.41, 5.74) is 6.03. The van der Waals surface area contributed by atoms with Gasteiger partial charge in [0, 0.05) is 19.1 Å². The predicted octanol–water partition coefficient (Wildman–Crippen LogP) is 2.22. The van der Waals surface area contributed by atoms with E-state index in [0.29, 0.717) is 12.0 Å². The summed E-state index contributed by atoms with van der Waals surface area (Å²) >= 11 is 0. The molecule has 1 rings (SSSR count). The maximum absolute atomic E-state index is 6.03. The average molecular weight is 211 g/mol. The van der Waals surface area contributed by atoms with Crippen molar-refractivity contribution in [2.45, 2.75) is 52.5 Å². The number of hydrogen-bond donors (Lipinski definition) is 1. The van der Waals surface area contributed by atoms with Crippen LogP contribution < -0.4 is 5.73 Å². The van der Waals surface area contributed by atoms with Crippen molar-refractivity contribution in [1.29, 1.82) is 0 Å². The standard InChI is InChI=1S/C12H25N3/c1-4-14-12(13)15(9-10(2)3)11-7-5-6-8-11/h10-11H,4-9H2,1-3H3,(H2,13,14). The van der Waals surface area contributed by atoms with Gasteiger partial charge in [0.05, 0.1) is 0 Å². The number of nitrogens with zero attached hydrogens (tertiary/aromatic N) is 2. The molecule has 0 aromatic heterocycles. The molecule has 15 heavy (non-hydrogen) atoms. The Morgan fingerprint density at radius 2 is 2.00 bits per heavy atom. The SMILES string of the molecule is CCN=C(N)N(CC(C)C)C1CCCC1. The van der Waals surface area contributed by atoms with Gasteiger partial charge in [-0.2, -0.15) is 0 Å². The van der Waals surface area contributed by atoms with E-state index in [-0.39, 0.29) is 0 Å². The van der Waals surface area contributed by atoms with E-state index in [1.54, 1.807) is 0 Å². The first-order chi connectivity index (χ1) is 7.15. The van der Waals surface area contributed by atoms with Crippen LogP contribution in [0.3, 0.4) is 0 Å². The third kappa shape index (κ3) is 3.73. The highest BCUT2D eigenvalue weighted by atomic mass is 15.3. The summed E-state index contributed by atoms with van der Waals surface area (Å²) in [6.45, 7) is 8.34. The van der Waals surface area contributed by atoms with Crippen LogP contribution in [0.2, 0.25) is 0 Å². The van der Waals surface area contributed by atoms with Crippen LogP contribution in [0.1, 0.15) is 46.5 Å². The van der Waals surface area contributed by atoms with E-state index >= 15 is 0 Å². The highest BCUT2D eigenvalue weighted by Gasteiger charge is 2.24. The van der Waals surface area contributed by atoms with Crippen molar-refractivity contribution in [2.24, 2.45) is 16.6 Å². The molecule has 0 amide bonds.